The second-order valence-corrected chi connectivity index (χ2v) is 9.67. The number of thiazole rings is 1. The molecule has 23 heavy (non-hydrogen) atoms. The second-order valence-electron chi connectivity index (χ2n) is 7.24. The number of hydrogen-bond donors (Lipinski definition) is 0. The molecule has 3 fully saturated rings. The van der Waals surface area contributed by atoms with Gasteiger partial charge in [-0.3, -0.25) is 4.90 Å². The predicted octanol–water partition coefficient (Wildman–Crippen LogP) is 2.95. The Kier molecular flexibility index (Phi) is 4.97. The monoisotopic (exact) mass is 354 g/mol. The number of likely N-dealkylation sites (tertiary alicyclic amines) is 1. The van der Waals surface area contributed by atoms with Crippen molar-refractivity contribution in [1.82, 2.24) is 9.88 Å². The van der Waals surface area contributed by atoms with Crippen LogP contribution in [0, 0.1) is 12.8 Å². The van der Waals surface area contributed by atoms with E-state index in [0.29, 0.717) is 10.9 Å². The van der Waals surface area contributed by atoms with E-state index in [1.54, 1.807) is 11.3 Å². The van der Waals surface area contributed by atoms with Crippen molar-refractivity contribution in [2.75, 3.05) is 38.7 Å². The van der Waals surface area contributed by atoms with Gasteiger partial charge in [-0.15, -0.1) is 23.1 Å². The van der Waals surface area contributed by atoms with Crippen LogP contribution in [0.1, 0.15) is 30.0 Å². The fourth-order valence-corrected chi connectivity index (χ4v) is 6.28. The average molecular weight is 355 g/mol. The van der Waals surface area contributed by atoms with Crippen molar-refractivity contribution in [3.8, 4) is 0 Å². The molecule has 0 unspecified atom stereocenters. The van der Waals surface area contributed by atoms with Crippen LogP contribution >= 0.6 is 23.1 Å². The number of rotatable bonds is 5. The van der Waals surface area contributed by atoms with E-state index in [-0.39, 0.29) is 0 Å². The summed E-state index contributed by atoms with van der Waals surface area (Å²) in [6, 6.07) is 0. The molecule has 4 heterocycles. The van der Waals surface area contributed by atoms with Gasteiger partial charge in [0.2, 0.25) is 0 Å². The molecular formula is C17H26N2O2S2. The zero-order valence-corrected chi connectivity index (χ0v) is 15.5. The van der Waals surface area contributed by atoms with Gasteiger partial charge in [0, 0.05) is 54.5 Å². The maximum Gasteiger partial charge on any atom is 0.107 e. The van der Waals surface area contributed by atoms with Crippen molar-refractivity contribution in [1.29, 1.82) is 0 Å². The molecule has 3 aliphatic heterocycles. The Bertz CT molecular complexity index is 524. The van der Waals surface area contributed by atoms with E-state index in [4.69, 9.17) is 9.47 Å². The first kappa shape index (κ1) is 16.3. The normalized spacial score (nSPS) is 28.3. The third-order valence-electron chi connectivity index (χ3n) is 5.13. The summed E-state index contributed by atoms with van der Waals surface area (Å²) in [4.78, 5) is 7.11. The minimum Gasteiger partial charge on any atom is -0.381 e. The summed E-state index contributed by atoms with van der Waals surface area (Å²) in [7, 11) is 0. The van der Waals surface area contributed by atoms with Crippen LogP contribution in [0.2, 0.25) is 0 Å². The largest absolute Gasteiger partial charge is 0.381 e. The van der Waals surface area contributed by atoms with E-state index in [1.165, 1.54) is 43.1 Å². The van der Waals surface area contributed by atoms with Crippen molar-refractivity contribution in [3.05, 3.63) is 16.1 Å². The number of aryl methyl sites for hydroxylation is 1. The molecule has 6 heteroatoms. The first-order valence-corrected chi connectivity index (χ1v) is 10.5. The Balaban J connectivity index is 1.19. The standard InChI is InChI=1S/C17H26N2O2S2/c1-13-9-22-16(18-13)7-19-11-17(12-19)6-15(10-23-17)21-8-14-2-4-20-5-3-14/h9,14-15H,2-8,10-12H2,1H3/t15-/m1/s1. The Labute approximate surface area is 146 Å². The van der Waals surface area contributed by atoms with Crippen molar-refractivity contribution in [2.24, 2.45) is 5.92 Å². The summed E-state index contributed by atoms with van der Waals surface area (Å²) < 4.78 is 12.1. The van der Waals surface area contributed by atoms with Crippen LogP contribution in [-0.4, -0.2) is 59.4 Å². The van der Waals surface area contributed by atoms with Crippen molar-refractivity contribution in [2.45, 2.75) is 43.6 Å². The zero-order valence-electron chi connectivity index (χ0n) is 13.8. The van der Waals surface area contributed by atoms with Crippen LogP contribution in [0.3, 0.4) is 0 Å². The van der Waals surface area contributed by atoms with Crippen LogP contribution in [0.15, 0.2) is 5.38 Å². The van der Waals surface area contributed by atoms with Gasteiger partial charge in [0.25, 0.3) is 0 Å². The van der Waals surface area contributed by atoms with Gasteiger partial charge < -0.3 is 9.47 Å². The number of aromatic nitrogens is 1. The van der Waals surface area contributed by atoms with Crippen molar-refractivity contribution >= 4 is 23.1 Å². The summed E-state index contributed by atoms with van der Waals surface area (Å²) in [5, 5.41) is 3.41. The lowest BCUT2D eigenvalue weighted by Crippen LogP contribution is -2.58. The molecule has 0 aromatic carbocycles. The van der Waals surface area contributed by atoms with Crippen LogP contribution < -0.4 is 0 Å². The summed E-state index contributed by atoms with van der Waals surface area (Å²) in [6.45, 7) is 8.28. The lowest BCUT2D eigenvalue weighted by Gasteiger charge is -2.47. The molecule has 0 aliphatic carbocycles. The average Bonchev–Trinajstić information content (AvgIpc) is 3.13. The minimum atomic E-state index is 0.465. The van der Waals surface area contributed by atoms with Gasteiger partial charge in [0.15, 0.2) is 0 Å². The van der Waals surface area contributed by atoms with E-state index in [0.717, 1.165) is 38.0 Å². The maximum atomic E-state index is 6.23. The summed E-state index contributed by atoms with van der Waals surface area (Å²) in [5.74, 6) is 1.89. The molecule has 0 radical (unpaired) electrons. The SMILES string of the molecule is Cc1csc(CN2CC3(C[C@@H](OCC4CCOCC4)CS3)C2)n1. The van der Waals surface area contributed by atoms with Gasteiger partial charge in [0.05, 0.1) is 12.6 Å². The van der Waals surface area contributed by atoms with Gasteiger partial charge in [-0.05, 0) is 32.1 Å². The van der Waals surface area contributed by atoms with E-state index in [1.807, 2.05) is 0 Å². The Morgan fingerprint density at radius 3 is 2.96 bits per heavy atom. The molecular weight excluding hydrogens is 328 g/mol. The fourth-order valence-electron chi connectivity index (χ4n) is 3.86. The summed E-state index contributed by atoms with van der Waals surface area (Å²) in [5.41, 5.74) is 1.15. The smallest absolute Gasteiger partial charge is 0.107 e. The maximum absolute atomic E-state index is 6.23. The first-order chi connectivity index (χ1) is 11.2. The van der Waals surface area contributed by atoms with Gasteiger partial charge in [-0.1, -0.05) is 0 Å². The van der Waals surface area contributed by atoms with Crippen LogP contribution in [-0.2, 0) is 16.0 Å². The molecule has 0 amide bonds. The molecule has 3 aliphatic rings. The Morgan fingerprint density at radius 2 is 2.22 bits per heavy atom. The van der Waals surface area contributed by atoms with E-state index >= 15 is 0 Å². The van der Waals surface area contributed by atoms with Crippen molar-refractivity contribution in [3.63, 3.8) is 0 Å². The molecule has 3 saturated heterocycles. The lowest BCUT2D eigenvalue weighted by molar-refractivity contribution is -0.0133. The molecule has 4 nitrogen and oxygen atoms in total. The molecule has 0 N–H and O–H groups in total. The summed E-state index contributed by atoms with van der Waals surface area (Å²) >= 11 is 3.93. The molecule has 1 aromatic heterocycles. The highest BCUT2D eigenvalue weighted by molar-refractivity contribution is 8.01. The molecule has 1 spiro atoms. The lowest BCUT2D eigenvalue weighted by atomic mass is 9.93. The van der Waals surface area contributed by atoms with E-state index in [9.17, 15) is 0 Å². The topological polar surface area (TPSA) is 34.6 Å². The Morgan fingerprint density at radius 1 is 1.39 bits per heavy atom. The van der Waals surface area contributed by atoms with Crippen LogP contribution in [0.4, 0.5) is 0 Å². The second kappa shape index (κ2) is 7.00. The Hall–Kier alpha value is -0.140. The first-order valence-electron chi connectivity index (χ1n) is 8.67. The highest BCUT2D eigenvalue weighted by Gasteiger charge is 2.49. The highest BCUT2D eigenvalue weighted by Crippen LogP contribution is 2.46. The molecule has 128 valence electrons. The predicted molar refractivity (Wildman–Crippen MR) is 95.2 cm³/mol. The zero-order chi connectivity index (χ0) is 15.7. The highest BCUT2D eigenvalue weighted by atomic mass is 32.2. The van der Waals surface area contributed by atoms with Gasteiger partial charge in [-0.2, -0.15) is 0 Å². The minimum absolute atomic E-state index is 0.465. The number of thioether (sulfide) groups is 1. The van der Waals surface area contributed by atoms with Gasteiger partial charge >= 0.3 is 0 Å². The molecule has 1 atom stereocenters. The number of nitrogens with zero attached hydrogens (tertiary/aromatic N) is 2. The van der Waals surface area contributed by atoms with Crippen LogP contribution in [0.5, 0.6) is 0 Å². The van der Waals surface area contributed by atoms with E-state index in [2.05, 4.69) is 33.9 Å². The van der Waals surface area contributed by atoms with Gasteiger partial charge in [0.1, 0.15) is 5.01 Å². The number of ether oxygens (including phenoxy) is 2. The van der Waals surface area contributed by atoms with E-state index < -0.39 is 0 Å². The van der Waals surface area contributed by atoms with Crippen molar-refractivity contribution < 1.29 is 9.47 Å². The fraction of sp³-hybridized carbons (Fsp3) is 0.824. The third kappa shape index (κ3) is 3.93. The summed E-state index contributed by atoms with van der Waals surface area (Å²) in [6.07, 6.45) is 4.04. The number of hydrogen-bond acceptors (Lipinski definition) is 6. The quantitative estimate of drug-likeness (QED) is 0.812. The molecule has 1 aromatic rings. The molecule has 0 bridgehead atoms. The van der Waals surface area contributed by atoms with Crippen LogP contribution in [0.25, 0.3) is 0 Å². The molecule has 4 rings (SSSR count). The van der Waals surface area contributed by atoms with Gasteiger partial charge in [-0.25, -0.2) is 4.98 Å². The third-order valence-corrected chi connectivity index (χ3v) is 7.66. The molecule has 0 saturated carbocycles.